The van der Waals surface area contributed by atoms with Gasteiger partial charge in [-0.05, 0) is 16.5 Å². The van der Waals surface area contributed by atoms with Crippen LogP contribution in [0.4, 0.5) is 0 Å². The molecule has 0 aliphatic heterocycles. The van der Waals surface area contributed by atoms with E-state index in [1.807, 2.05) is 48.5 Å². The lowest BCUT2D eigenvalue weighted by Crippen LogP contribution is -2.13. The van der Waals surface area contributed by atoms with Crippen molar-refractivity contribution in [1.29, 1.82) is 0 Å². The van der Waals surface area contributed by atoms with Crippen molar-refractivity contribution in [2.75, 3.05) is 0 Å². The maximum Gasteiger partial charge on any atom is 0.232 e. The van der Waals surface area contributed by atoms with Gasteiger partial charge in [0.05, 0.1) is 0 Å². The van der Waals surface area contributed by atoms with Crippen molar-refractivity contribution >= 4 is 22.3 Å². The van der Waals surface area contributed by atoms with Gasteiger partial charge in [0.15, 0.2) is 5.76 Å². The number of benzene rings is 3. The molecular formula is C19H12O3. The second-order valence-corrected chi connectivity index (χ2v) is 5.28. The van der Waals surface area contributed by atoms with Crippen molar-refractivity contribution in [3.8, 4) is 11.1 Å². The van der Waals surface area contributed by atoms with Crippen molar-refractivity contribution in [2.45, 2.75) is 0 Å². The molecular weight excluding hydrogens is 276 g/mol. The van der Waals surface area contributed by atoms with Crippen LogP contribution in [0.15, 0.2) is 66.4 Å². The van der Waals surface area contributed by atoms with Gasteiger partial charge in [0.2, 0.25) is 11.5 Å². The second kappa shape index (κ2) is 4.46. The number of carbonyl (C=O) groups is 1. The number of rotatable bonds is 1. The number of aliphatic hydroxyl groups is 2. The van der Waals surface area contributed by atoms with E-state index in [1.54, 1.807) is 12.1 Å². The summed E-state index contributed by atoms with van der Waals surface area (Å²) in [6, 6.07) is 18.7. The van der Waals surface area contributed by atoms with Crippen molar-refractivity contribution < 1.29 is 15.0 Å². The Morgan fingerprint density at radius 3 is 2.23 bits per heavy atom. The molecule has 0 heterocycles. The van der Waals surface area contributed by atoms with Crippen molar-refractivity contribution in [2.24, 2.45) is 0 Å². The molecule has 0 saturated carbocycles. The molecule has 22 heavy (non-hydrogen) atoms. The predicted octanol–water partition coefficient (Wildman–Crippen LogP) is 4.49. The lowest BCUT2D eigenvalue weighted by atomic mass is 9.85. The van der Waals surface area contributed by atoms with Gasteiger partial charge < -0.3 is 10.2 Å². The summed E-state index contributed by atoms with van der Waals surface area (Å²) in [6.07, 6.45) is 0. The molecule has 106 valence electrons. The smallest absolute Gasteiger partial charge is 0.232 e. The third-order valence-corrected chi connectivity index (χ3v) is 4.05. The zero-order chi connectivity index (χ0) is 15.3. The molecule has 3 nitrogen and oxygen atoms in total. The Hall–Kier alpha value is -3.07. The van der Waals surface area contributed by atoms with Gasteiger partial charge in [-0.3, -0.25) is 4.79 Å². The third kappa shape index (κ3) is 1.59. The fourth-order valence-electron chi connectivity index (χ4n) is 3.02. The molecule has 0 fully saturated rings. The topological polar surface area (TPSA) is 57.5 Å². The highest BCUT2D eigenvalue weighted by Gasteiger charge is 2.29. The standard InChI is InChI=1S/C19H12O3/c20-17-14-8-4-7-12-9-10-13(11-5-2-1-3-6-11)16(15(12)14)18(21)19(17)22/h1-10,20,22H. The molecule has 0 bridgehead atoms. The van der Waals surface area contributed by atoms with Crippen molar-refractivity contribution in [3.63, 3.8) is 0 Å². The Morgan fingerprint density at radius 2 is 1.45 bits per heavy atom. The summed E-state index contributed by atoms with van der Waals surface area (Å²) in [5.74, 6) is -1.49. The van der Waals surface area contributed by atoms with Crippen molar-refractivity contribution in [1.82, 2.24) is 0 Å². The predicted molar refractivity (Wildman–Crippen MR) is 85.9 cm³/mol. The summed E-state index contributed by atoms with van der Waals surface area (Å²) >= 11 is 0. The first-order valence-corrected chi connectivity index (χ1v) is 6.97. The number of ketones is 1. The second-order valence-electron chi connectivity index (χ2n) is 5.28. The number of hydrogen-bond acceptors (Lipinski definition) is 3. The Labute approximate surface area is 126 Å². The Morgan fingerprint density at radius 1 is 0.682 bits per heavy atom. The highest BCUT2D eigenvalue weighted by molar-refractivity contribution is 6.25. The molecule has 0 radical (unpaired) electrons. The molecule has 4 rings (SSSR count). The first-order chi connectivity index (χ1) is 10.7. The maximum atomic E-state index is 12.5. The molecule has 1 aliphatic rings. The molecule has 0 amide bonds. The van der Waals surface area contributed by atoms with Crippen LogP contribution in [0.1, 0.15) is 15.9 Å². The van der Waals surface area contributed by atoms with Gasteiger partial charge >= 0.3 is 0 Å². The van der Waals surface area contributed by atoms with E-state index in [2.05, 4.69) is 0 Å². The van der Waals surface area contributed by atoms with Crippen LogP contribution in [0.5, 0.6) is 0 Å². The zero-order valence-corrected chi connectivity index (χ0v) is 11.6. The molecule has 3 aromatic rings. The molecule has 0 unspecified atom stereocenters. The van der Waals surface area contributed by atoms with Gasteiger partial charge in [0.1, 0.15) is 0 Å². The molecule has 0 aromatic heterocycles. The van der Waals surface area contributed by atoms with E-state index in [-0.39, 0.29) is 5.76 Å². The lowest BCUT2D eigenvalue weighted by molar-refractivity contribution is 0.0975. The summed E-state index contributed by atoms with van der Waals surface area (Å²) in [5.41, 5.74) is 2.58. The minimum absolute atomic E-state index is 0.353. The Bertz CT molecular complexity index is 953. The van der Waals surface area contributed by atoms with E-state index in [0.29, 0.717) is 16.5 Å². The molecule has 0 spiro atoms. The van der Waals surface area contributed by atoms with Crippen LogP contribution in [-0.4, -0.2) is 16.0 Å². The highest BCUT2D eigenvalue weighted by atomic mass is 16.3. The van der Waals surface area contributed by atoms with E-state index >= 15 is 0 Å². The Kier molecular flexibility index (Phi) is 2.57. The normalized spacial score (nSPS) is 13.7. The van der Waals surface area contributed by atoms with E-state index in [0.717, 1.165) is 16.5 Å². The van der Waals surface area contributed by atoms with Gasteiger partial charge in [-0.2, -0.15) is 0 Å². The minimum Gasteiger partial charge on any atom is -0.504 e. The number of aliphatic hydroxyl groups excluding tert-OH is 2. The number of carbonyl (C=O) groups excluding carboxylic acids is 1. The van der Waals surface area contributed by atoms with Crippen LogP contribution in [0.2, 0.25) is 0 Å². The van der Waals surface area contributed by atoms with Crippen LogP contribution >= 0.6 is 0 Å². The van der Waals surface area contributed by atoms with Crippen LogP contribution < -0.4 is 0 Å². The minimum atomic E-state index is -0.594. The number of hydrogen-bond donors (Lipinski definition) is 2. The van der Waals surface area contributed by atoms with Crippen LogP contribution in [0, 0.1) is 0 Å². The highest BCUT2D eigenvalue weighted by Crippen LogP contribution is 2.39. The monoisotopic (exact) mass is 288 g/mol. The van der Waals surface area contributed by atoms with Crippen LogP contribution in [0.3, 0.4) is 0 Å². The summed E-state index contributed by atoms with van der Waals surface area (Å²) in [5, 5.41) is 21.6. The Balaban J connectivity index is 2.17. The summed E-state index contributed by atoms with van der Waals surface area (Å²) in [7, 11) is 0. The van der Waals surface area contributed by atoms with Gasteiger partial charge in [0, 0.05) is 16.5 Å². The summed E-state index contributed by atoms with van der Waals surface area (Å²) in [6.45, 7) is 0. The molecule has 1 aliphatic carbocycles. The largest absolute Gasteiger partial charge is 0.504 e. The number of Topliss-reactive ketones (excluding diaryl/α,β-unsaturated/α-hetero) is 1. The fourth-order valence-corrected chi connectivity index (χ4v) is 3.02. The van der Waals surface area contributed by atoms with Gasteiger partial charge in [-0.15, -0.1) is 0 Å². The fraction of sp³-hybridized carbons (Fsp3) is 0. The van der Waals surface area contributed by atoms with E-state index in [9.17, 15) is 15.0 Å². The SMILES string of the molecule is O=C1C(O)=C(O)c2cccc3ccc(-c4ccccc4)c1c23. The first-order valence-electron chi connectivity index (χ1n) is 6.97. The molecule has 3 aromatic carbocycles. The van der Waals surface area contributed by atoms with Crippen molar-refractivity contribution in [3.05, 3.63) is 77.5 Å². The molecule has 0 atom stereocenters. The lowest BCUT2D eigenvalue weighted by Gasteiger charge is -2.19. The number of allylic oxidation sites excluding steroid dienone is 1. The van der Waals surface area contributed by atoms with E-state index < -0.39 is 11.5 Å². The van der Waals surface area contributed by atoms with Gasteiger partial charge in [0.25, 0.3) is 0 Å². The zero-order valence-electron chi connectivity index (χ0n) is 11.6. The van der Waals surface area contributed by atoms with Gasteiger partial charge in [-0.25, -0.2) is 0 Å². The third-order valence-electron chi connectivity index (χ3n) is 4.05. The van der Waals surface area contributed by atoms with E-state index in [1.165, 1.54) is 0 Å². The van der Waals surface area contributed by atoms with E-state index in [4.69, 9.17) is 0 Å². The molecule has 0 saturated heterocycles. The first kappa shape index (κ1) is 12.7. The average molecular weight is 288 g/mol. The molecule has 3 heteroatoms. The maximum absolute atomic E-state index is 12.5. The average Bonchev–Trinajstić information content (AvgIpc) is 2.58. The summed E-state index contributed by atoms with van der Waals surface area (Å²) < 4.78 is 0. The van der Waals surface area contributed by atoms with Gasteiger partial charge in [-0.1, -0.05) is 60.7 Å². The van der Waals surface area contributed by atoms with Crippen LogP contribution in [0.25, 0.3) is 27.7 Å². The quantitative estimate of drug-likeness (QED) is 0.693. The van der Waals surface area contributed by atoms with Crippen LogP contribution in [-0.2, 0) is 0 Å². The molecule has 2 N–H and O–H groups in total. The summed E-state index contributed by atoms with van der Waals surface area (Å²) in [4.78, 5) is 12.5.